The van der Waals surface area contributed by atoms with Crippen molar-refractivity contribution in [2.45, 2.75) is 31.5 Å². The summed E-state index contributed by atoms with van der Waals surface area (Å²) in [5.41, 5.74) is 6.91. The Bertz CT molecular complexity index is 1520. The van der Waals surface area contributed by atoms with Gasteiger partial charge in [0.05, 0.1) is 31.3 Å². The minimum absolute atomic E-state index is 0.384. The molecule has 2 bridgehead atoms. The summed E-state index contributed by atoms with van der Waals surface area (Å²) in [7, 11) is 0. The number of morpholine rings is 2. The van der Waals surface area contributed by atoms with Crippen molar-refractivity contribution < 1.29 is 13.9 Å². The molecule has 36 heavy (non-hydrogen) atoms. The number of pyridine rings is 1. The van der Waals surface area contributed by atoms with E-state index in [1.54, 1.807) is 0 Å². The number of nitrogens with zero attached hydrogens (tertiary/aromatic N) is 5. The van der Waals surface area contributed by atoms with Crippen molar-refractivity contribution >= 4 is 34.1 Å². The molecule has 8 nitrogen and oxygen atoms in total. The molecule has 2 atom stereocenters. The van der Waals surface area contributed by atoms with Gasteiger partial charge in [-0.15, -0.1) is 0 Å². The first-order valence-electron chi connectivity index (χ1n) is 12.9. The molecule has 0 N–H and O–H groups in total. The Kier molecular flexibility index (Phi) is 4.68. The monoisotopic (exact) mass is 481 g/mol. The van der Waals surface area contributed by atoms with Crippen LogP contribution in [0.1, 0.15) is 23.1 Å². The van der Waals surface area contributed by atoms with Crippen LogP contribution in [0.3, 0.4) is 0 Å². The Morgan fingerprint density at radius 3 is 2.92 bits per heavy atom. The number of furan rings is 1. The van der Waals surface area contributed by atoms with E-state index in [0.717, 1.165) is 73.7 Å². The molecule has 8 rings (SSSR count). The molecule has 1 aliphatic carbocycles. The normalized spacial score (nSPS) is 23.4. The van der Waals surface area contributed by atoms with Crippen molar-refractivity contribution in [1.82, 2.24) is 19.9 Å². The predicted molar refractivity (Wildman–Crippen MR) is 137 cm³/mol. The van der Waals surface area contributed by atoms with E-state index in [9.17, 15) is 0 Å². The van der Waals surface area contributed by atoms with E-state index in [-0.39, 0.29) is 0 Å². The van der Waals surface area contributed by atoms with Gasteiger partial charge < -0.3 is 18.8 Å². The Morgan fingerprint density at radius 1 is 1.11 bits per heavy atom. The summed E-state index contributed by atoms with van der Waals surface area (Å²) < 4.78 is 17.7. The fraction of sp³-hybridized carbons (Fsp3) is 0.393. The number of allylic oxidation sites excluding steroid dienone is 1. The first-order chi connectivity index (χ1) is 17.8. The van der Waals surface area contributed by atoms with Crippen molar-refractivity contribution in [2.24, 2.45) is 0 Å². The van der Waals surface area contributed by atoms with Crippen molar-refractivity contribution in [1.29, 1.82) is 0 Å². The molecule has 182 valence electrons. The SMILES string of the molecule is C1=Cc2c(cccc2-c2nc(N3CCOCC3)c3oc4ncc(CN5C[C@@H]6C[C@H]5CO6)cc4c3n2)C1. The number of aromatic nitrogens is 3. The van der Waals surface area contributed by atoms with Gasteiger partial charge >= 0.3 is 0 Å². The highest BCUT2D eigenvalue weighted by molar-refractivity contribution is 6.05. The molecule has 4 aliphatic rings. The number of rotatable bonds is 4. The van der Waals surface area contributed by atoms with E-state index in [1.165, 1.54) is 16.7 Å². The van der Waals surface area contributed by atoms with Gasteiger partial charge in [-0.3, -0.25) is 4.90 Å². The molecule has 3 aliphatic heterocycles. The minimum Gasteiger partial charge on any atom is -0.432 e. The van der Waals surface area contributed by atoms with E-state index in [2.05, 4.69) is 46.2 Å². The van der Waals surface area contributed by atoms with Gasteiger partial charge in [-0.2, -0.15) is 0 Å². The number of benzene rings is 1. The molecular formula is C28H27N5O3. The van der Waals surface area contributed by atoms with Crippen LogP contribution in [0.15, 0.2) is 41.0 Å². The number of likely N-dealkylation sites (tertiary alicyclic amines) is 1. The third kappa shape index (κ3) is 3.28. The maximum Gasteiger partial charge on any atom is 0.229 e. The molecule has 0 spiro atoms. The van der Waals surface area contributed by atoms with Crippen LogP contribution in [0, 0.1) is 0 Å². The average molecular weight is 482 g/mol. The van der Waals surface area contributed by atoms with Crippen LogP contribution in [0.25, 0.3) is 39.7 Å². The quantitative estimate of drug-likeness (QED) is 0.436. The standard InChI is InChI=1S/C28H27N5O3/c1-3-18-4-2-6-22(21(18)5-1)26-30-24-23-11-17(14-33-15-20-12-19(33)16-35-20)13-29-28(23)36-25(24)27(31-26)32-7-9-34-10-8-32/h1-2,4-6,11,13,19-20H,3,7-10,12,14-16H2/t19-,20-/m0/s1. The highest BCUT2D eigenvalue weighted by atomic mass is 16.5. The van der Waals surface area contributed by atoms with Crippen LogP contribution in [-0.2, 0) is 22.4 Å². The molecule has 3 saturated heterocycles. The highest BCUT2D eigenvalue weighted by Gasteiger charge is 2.38. The van der Waals surface area contributed by atoms with Crippen LogP contribution in [0.2, 0.25) is 0 Å². The minimum atomic E-state index is 0.384. The summed E-state index contributed by atoms with van der Waals surface area (Å²) in [5, 5.41) is 0.949. The third-order valence-electron chi connectivity index (χ3n) is 7.98. The van der Waals surface area contributed by atoms with Gasteiger partial charge in [0.15, 0.2) is 17.2 Å². The lowest BCUT2D eigenvalue weighted by Crippen LogP contribution is -2.37. The van der Waals surface area contributed by atoms with E-state index in [0.29, 0.717) is 36.7 Å². The number of fused-ring (bicyclic) bond motifs is 6. The Labute approximate surface area is 208 Å². The summed E-state index contributed by atoms with van der Waals surface area (Å²) >= 11 is 0. The Balaban J connectivity index is 1.28. The molecule has 6 heterocycles. The van der Waals surface area contributed by atoms with Crippen molar-refractivity contribution in [2.75, 3.05) is 44.4 Å². The first kappa shape index (κ1) is 20.8. The van der Waals surface area contributed by atoms with Crippen LogP contribution >= 0.6 is 0 Å². The summed E-state index contributed by atoms with van der Waals surface area (Å²) in [5.74, 6) is 1.56. The molecule has 4 aromatic rings. The van der Waals surface area contributed by atoms with Crippen LogP contribution < -0.4 is 4.90 Å². The molecule has 0 radical (unpaired) electrons. The number of ether oxygens (including phenoxy) is 2. The van der Waals surface area contributed by atoms with Crippen LogP contribution in [-0.4, -0.2) is 71.5 Å². The molecule has 0 saturated carbocycles. The smallest absolute Gasteiger partial charge is 0.229 e. The zero-order valence-corrected chi connectivity index (χ0v) is 20.0. The molecule has 3 aromatic heterocycles. The zero-order chi connectivity index (χ0) is 23.6. The van der Waals surface area contributed by atoms with E-state index >= 15 is 0 Å². The number of anilines is 1. The molecular weight excluding hydrogens is 454 g/mol. The van der Waals surface area contributed by atoms with Gasteiger partial charge in [-0.1, -0.05) is 30.4 Å². The van der Waals surface area contributed by atoms with E-state index in [1.807, 2.05) is 6.20 Å². The Hall–Kier alpha value is -3.33. The molecule has 3 fully saturated rings. The van der Waals surface area contributed by atoms with Gasteiger partial charge in [-0.05, 0) is 35.6 Å². The highest BCUT2D eigenvalue weighted by Crippen LogP contribution is 2.37. The molecule has 0 amide bonds. The average Bonchev–Trinajstić information content (AvgIpc) is 3.72. The topological polar surface area (TPSA) is 76.8 Å². The second kappa shape index (κ2) is 8.09. The van der Waals surface area contributed by atoms with Crippen molar-refractivity contribution in [3.05, 3.63) is 53.2 Å². The van der Waals surface area contributed by atoms with Gasteiger partial charge in [0.2, 0.25) is 5.71 Å². The van der Waals surface area contributed by atoms with Crippen LogP contribution in [0.4, 0.5) is 5.82 Å². The Morgan fingerprint density at radius 2 is 2.06 bits per heavy atom. The molecule has 1 aromatic carbocycles. The van der Waals surface area contributed by atoms with E-state index in [4.69, 9.17) is 28.8 Å². The van der Waals surface area contributed by atoms with Gasteiger partial charge in [-0.25, -0.2) is 15.0 Å². The first-order valence-corrected chi connectivity index (χ1v) is 12.9. The number of hydrogen-bond acceptors (Lipinski definition) is 8. The van der Waals surface area contributed by atoms with E-state index < -0.39 is 0 Å². The molecule has 8 heteroatoms. The third-order valence-corrected chi connectivity index (χ3v) is 7.98. The van der Waals surface area contributed by atoms with Crippen LogP contribution in [0.5, 0.6) is 0 Å². The maximum atomic E-state index is 6.33. The molecule has 0 unspecified atom stereocenters. The summed E-state index contributed by atoms with van der Waals surface area (Å²) in [6.45, 7) is 5.59. The van der Waals surface area contributed by atoms with Gasteiger partial charge in [0, 0.05) is 44.0 Å². The second-order valence-electron chi connectivity index (χ2n) is 10.2. The summed E-state index contributed by atoms with van der Waals surface area (Å²) in [4.78, 5) is 19.7. The number of hydrogen-bond donors (Lipinski definition) is 0. The largest absolute Gasteiger partial charge is 0.432 e. The maximum absolute atomic E-state index is 6.33. The second-order valence-corrected chi connectivity index (χ2v) is 10.2. The summed E-state index contributed by atoms with van der Waals surface area (Å²) in [6.07, 6.45) is 8.80. The van der Waals surface area contributed by atoms with Gasteiger partial charge in [0.25, 0.3) is 0 Å². The van der Waals surface area contributed by atoms with Crippen molar-refractivity contribution in [3.8, 4) is 11.4 Å². The lowest BCUT2D eigenvalue weighted by Gasteiger charge is -2.27. The lowest BCUT2D eigenvalue weighted by atomic mass is 10.0. The van der Waals surface area contributed by atoms with Gasteiger partial charge in [0.1, 0.15) is 5.52 Å². The fourth-order valence-corrected chi connectivity index (χ4v) is 6.15. The summed E-state index contributed by atoms with van der Waals surface area (Å²) in [6, 6.07) is 9.12. The zero-order valence-electron chi connectivity index (χ0n) is 20.0. The fourth-order valence-electron chi connectivity index (χ4n) is 6.15. The predicted octanol–water partition coefficient (Wildman–Crippen LogP) is 3.82. The lowest BCUT2D eigenvalue weighted by molar-refractivity contribution is 0.0273. The van der Waals surface area contributed by atoms with Crippen molar-refractivity contribution in [3.63, 3.8) is 0 Å².